The third kappa shape index (κ3) is 4.10. The summed E-state index contributed by atoms with van der Waals surface area (Å²) in [7, 11) is 1.61. The standard InChI is InChI=1S/C12H24N2O2/c1-9(2)8-14(10-4-5-10)12(15)6-11(7-13)16-3/h9-11H,4-8,13H2,1-3H3. The molecular formula is C12H24N2O2. The lowest BCUT2D eigenvalue weighted by molar-refractivity contribution is -0.134. The lowest BCUT2D eigenvalue weighted by atomic mass is 10.1. The van der Waals surface area contributed by atoms with Gasteiger partial charge in [0.1, 0.15) is 0 Å². The van der Waals surface area contributed by atoms with E-state index in [0.717, 1.165) is 19.4 Å². The van der Waals surface area contributed by atoms with Crippen LogP contribution in [0.3, 0.4) is 0 Å². The molecular weight excluding hydrogens is 204 g/mol. The maximum absolute atomic E-state index is 12.1. The summed E-state index contributed by atoms with van der Waals surface area (Å²) in [6, 6.07) is 0.477. The van der Waals surface area contributed by atoms with Gasteiger partial charge in [-0.05, 0) is 18.8 Å². The summed E-state index contributed by atoms with van der Waals surface area (Å²) in [4.78, 5) is 14.1. The van der Waals surface area contributed by atoms with Crippen molar-refractivity contribution in [3.63, 3.8) is 0 Å². The number of amides is 1. The number of hydrogen-bond acceptors (Lipinski definition) is 3. The molecule has 1 fully saturated rings. The van der Waals surface area contributed by atoms with Gasteiger partial charge in [-0.2, -0.15) is 0 Å². The molecule has 0 bridgehead atoms. The molecule has 2 N–H and O–H groups in total. The summed E-state index contributed by atoms with van der Waals surface area (Å²) in [6.07, 6.45) is 2.58. The van der Waals surface area contributed by atoms with Crippen LogP contribution in [0.15, 0.2) is 0 Å². The van der Waals surface area contributed by atoms with Gasteiger partial charge in [-0.3, -0.25) is 4.79 Å². The molecule has 0 spiro atoms. The van der Waals surface area contributed by atoms with Crippen LogP contribution in [0.1, 0.15) is 33.1 Å². The van der Waals surface area contributed by atoms with Crippen LogP contribution in [0.4, 0.5) is 0 Å². The molecule has 0 saturated heterocycles. The van der Waals surface area contributed by atoms with Crippen molar-refractivity contribution in [1.29, 1.82) is 0 Å². The number of carbonyl (C=O) groups is 1. The van der Waals surface area contributed by atoms with Crippen LogP contribution < -0.4 is 5.73 Å². The topological polar surface area (TPSA) is 55.6 Å². The smallest absolute Gasteiger partial charge is 0.225 e. The Bertz CT molecular complexity index is 223. The Labute approximate surface area is 98.1 Å². The van der Waals surface area contributed by atoms with Crippen LogP contribution in [0.25, 0.3) is 0 Å². The Morgan fingerprint density at radius 3 is 2.50 bits per heavy atom. The molecule has 1 saturated carbocycles. The van der Waals surface area contributed by atoms with E-state index in [1.165, 1.54) is 0 Å². The Kier molecular flexibility index (Phi) is 5.22. The Balaban J connectivity index is 2.46. The van der Waals surface area contributed by atoms with Gasteiger partial charge in [0.05, 0.1) is 12.5 Å². The molecule has 0 aromatic rings. The summed E-state index contributed by atoms with van der Waals surface area (Å²) in [5.74, 6) is 0.705. The molecule has 4 heteroatoms. The number of rotatable bonds is 7. The first-order valence-electron chi connectivity index (χ1n) is 6.10. The maximum Gasteiger partial charge on any atom is 0.225 e. The van der Waals surface area contributed by atoms with Gasteiger partial charge in [-0.15, -0.1) is 0 Å². The van der Waals surface area contributed by atoms with E-state index in [2.05, 4.69) is 13.8 Å². The van der Waals surface area contributed by atoms with Crippen LogP contribution in [0.2, 0.25) is 0 Å². The van der Waals surface area contributed by atoms with Gasteiger partial charge in [0.25, 0.3) is 0 Å². The van der Waals surface area contributed by atoms with Crippen LogP contribution in [-0.4, -0.2) is 43.2 Å². The molecule has 0 aliphatic heterocycles. The highest BCUT2D eigenvalue weighted by Gasteiger charge is 2.33. The molecule has 16 heavy (non-hydrogen) atoms. The van der Waals surface area contributed by atoms with E-state index in [1.54, 1.807) is 7.11 Å². The predicted molar refractivity (Wildman–Crippen MR) is 64.0 cm³/mol. The molecule has 94 valence electrons. The summed E-state index contributed by atoms with van der Waals surface area (Å²) < 4.78 is 5.15. The highest BCUT2D eigenvalue weighted by atomic mass is 16.5. The van der Waals surface area contributed by atoms with E-state index < -0.39 is 0 Å². The summed E-state index contributed by atoms with van der Waals surface area (Å²) in [5, 5.41) is 0. The fraction of sp³-hybridized carbons (Fsp3) is 0.917. The zero-order valence-electron chi connectivity index (χ0n) is 10.6. The van der Waals surface area contributed by atoms with E-state index in [0.29, 0.717) is 24.9 Å². The number of methoxy groups -OCH3 is 1. The second-order valence-electron chi connectivity index (χ2n) is 4.97. The lowest BCUT2D eigenvalue weighted by Gasteiger charge is -2.26. The van der Waals surface area contributed by atoms with Gasteiger partial charge in [0.15, 0.2) is 0 Å². The first kappa shape index (κ1) is 13.5. The van der Waals surface area contributed by atoms with Gasteiger partial charge >= 0.3 is 0 Å². The summed E-state index contributed by atoms with van der Waals surface area (Å²) >= 11 is 0. The normalized spacial score (nSPS) is 17.6. The molecule has 1 amide bonds. The number of carbonyl (C=O) groups excluding carboxylic acids is 1. The van der Waals surface area contributed by atoms with Gasteiger partial charge in [0.2, 0.25) is 5.91 Å². The fourth-order valence-corrected chi connectivity index (χ4v) is 1.81. The minimum absolute atomic E-state index is 0.138. The number of hydrogen-bond donors (Lipinski definition) is 1. The number of nitrogens with zero attached hydrogens (tertiary/aromatic N) is 1. The second-order valence-corrected chi connectivity index (χ2v) is 4.97. The Morgan fingerprint density at radius 1 is 1.50 bits per heavy atom. The summed E-state index contributed by atoms with van der Waals surface area (Å²) in [5.41, 5.74) is 5.53. The van der Waals surface area contributed by atoms with Gasteiger partial charge in [-0.25, -0.2) is 0 Å². The quantitative estimate of drug-likeness (QED) is 0.707. The fourth-order valence-electron chi connectivity index (χ4n) is 1.81. The van der Waals surface area contributed by atoms with Gasteiger partial charge in [0, 0.05) is 26.2 Å². The third-order valence-electron chi connectivity index (χ3n) is 2.87. The van der Waals surface area contributed by atoms with Crippen LogP contribution in [0.5, 0.6) is 0 Å². The minimum Gasteiger partial charge on any atom is -0.380 e. The molecule has 1 aliphatic carbocycles. The Hall–Kier alpha value is -0.610. The number of nitrogens with two attached hydrogens (primary N) is 1. The predicted octanol–water partition coefficient (Wildman–Crippen LogP) is 0.997. The second kappa shape index (κ2) is 6.21. The van der Waals surface area contributed by atoms with Crippen molar-refractivity contribution in [2.24, 2.45) is 11.7 Å². The first-order chi connectivity index (χ1) is 7.58. The monoisotopic (exact) mass is 228 g/mol. The SMILES string of the molecule is COC(CN)CC(=O)N(CC(C)C)C1CC1. The maximum atomic E-state index is 12.1. The highest BCUT2D eigenvalue weighted by molar-refractivity contribution is 5.77. The van der Waals surface area contributed by atoms with E-state index >= 15 is 0 Å². The summed E-state index contributed by atoms with van der Waals surface area (Å²) in [6.45, 7) is 5.53. The van der Waals surface area contributed by atoms with E-state index in [-0.39, 0.29) is 12.0 Å². The first-order valence-corrected chi connectivity index (χ1v) is 6.10. The van der Waals surface area contributed by atoms with Crippen molar-refractivity contribution in [1.82, 2.24) is 4.90 Å². The molecule has 0 aromatic heterocycles. The largest absolute Gasteiger partial charge is 0.380 e. The Morgan fingerprint density at radius 2 is 2.12 bits per heavy atom. The molecule has 0 radical (unpaired) electrons. The minimum atomic E-state index is -0.138. The van der Waals surface area contributed by atoms with Gasteiger partial charge < -0.3 is 15.4 Å². The molecule has 1 unspecified atom stereocenters. The molecule has 4 nitrogen and oxygen atoms in total. The third-order valence-corrected chi connectivity index (χ3v) is 2.87. The molecule has 1 aliphatic rings. The molecule has 1 atom stereocenters. The van der Waals surface area contributed by atoms with Crippen LogP contribution >= 0.6 is 0 Å². The zero-order valence-corrected chi connectivity index (χ0v) is 10.6. The van der Waals surface area contributed by atoms with Crippen LogP contribution in [-0.2, 0) is 9.53 Å². The van der Waals surface area contributed by atoms with Crippen LogP contribution in [0, 0.1) is 5.92 Å². The van der Waals surface area contributed by atoms with Crippen molar-refractivity contribution < 1.29 is 9.53 Å². The number of ether oxygens (including phenoxy) is 1. The van der Waals surface area contributed by atoms with E-state index in [4.69, 9.17) is 10.5 Å². The van der Waals surface area contributed by atoms with Crippen molar-refractivity contribution in [3.05, 3.63) is 0 Å². The van der Waals surface area contributed by atoms with Crippen molar-refractivity contribution in [3.8, 4) is 0 Å². The van der Waals surface area contributed by atoms with Crippen molar-refractivity contribution in [2.75, 3.05) is 20.2 Å². The van der Waals surface area contributed by atoms with Crippen molar-refractivity contribution >= 4 is 5.91 Å². The molecule has 0 aromatic carbocycles. The lowest BCUT2D eigenvalue weighted by Crippen LogP contribution is -2.39. The molecule has 0 heterocycles. The molecule has 1 rings (SSSR count). The van der Waals surface area contributed by atoms with E-state index in [9.17, 15) is 4.79 Å². The average Bonchev–Trinajstić information content (AvgIpc) is 3.05. The van der Waals surface area contributed by atoms with Crippen molar-refractivity contribution in [2.45, 2.75) is 45.3 Å². The highest BCUT2D eigenvalue weighted by Crippen LogP contribution is 2.28. The average molecular weight is 228 g/mol. The van der Waals surface area contributed by atoms with E-state index in [1.807, 2.05) is 4.90 Å². The van der Waals surface area contributed by atoms with Gasteiger partial charge in [-0.1, -0.05) is 13.8 Å². The zero-order chi connectivity index (χ0) is 12.1.